The summed E-state index contributed by atoms with van der Waals surface area (Å²) in [6.45, 7) is 3.91. The number of carbonyl (C=O) groups is 1. The molecule has 2 heterocycles. The summed E-state index contributed by atoms with van der Waals surface area (Å²) in [7, 11) is 0. The van der Waals surface area contributed by atoms with E-state index in [1.807, 2.05) is 13.8 Å². The number of rotatable bonds is 4. The van der Waals surface area contributed by atoms with Crippen LogP contribution in [0.3, 0.4) is 0 Å². The number of carboxylic acid groups (broad SMARTS) is 1. The third-order valence-electron chi connectivity index (χ3n) is 2.64. The molecular formula is C12H14N2O4. The third kappa shape index (κ3) is 2.14. The second kappa shape index (κ2) is 4.66. The van der Waals surface area contributed by atoms with Crippen LogP contribution in [0.25, 0.3) is 0 Å². The van der Waals surface area contributed by atoms with Crippen molar-refractivity contribution in [3.05, 3.63) is 41.6 Å². The molecule has 0 amide bonds. The molecule has 2 aromatic heterocycles. The van der Waals surface area contributed by atoms with Crippen LogP contribution in [0.2, 0.25) is 0 Å². The van der Waals surface area contributed by atoms with Gasteiger partial charge < -0.3 is 14.6 Å². The Hall–Kier alpha value is -2.08. The maximum atomic E-state index is 10.9. The Morgan fingerprint density at radius 2 is 2.22 bits per heavy atom. The van der Waals surface area contributed by atoms with Crippen molar-refractivity contribution in [2.75, 3.05) is 0 Å². The summed E-state index contributed by atoms with van der Waals surface area (Å²) in [5.41, 5.74) is 0.459. The number of aliphatic hydroxyl groups excluding tert-OH is 1. The number of nitrogens with zero attached hydrogens (tertiary/aromatic N) is 2. The molecule has 6 heteroatoms. The SMILES string of the molecule is CC(C)n1cc(C(O)c2occc2C(=O)O)cn1. The molecule has 0 saturated carbocycles. The molecule has 1 unspecified atom stereocenters. The number of hydrogen-bond acceptors (Lipinski definition) is 4. The van der Waals surface area contributed by atoms with Crippen LogP contribution in [0.1, 0.15) is 47.7 Å². The average molecular weight is 250 g/mol. The van der Waals surface area contributed by atoms with E-state index in [4.69, 9.17) is 9.52 Å². The van der Waals surface area contributed by atoms with E-state index in [2.05, 4.69) is 5.10 Å². The number of aromatic nitrogens is 2. The fraction of sp³-hybridized carbons (Fsp3) is 0.333. The highest BCUT2D eigenvalue weighted by Gasteiger charge is 2.23. The molecule has 6 nitrogen and oxygen atoms in total. The lowest BCUT2D eigenvalue weighted by Gasteiger charge is -2.07. The quantitative estimate of drug-likeness (QED) is 0.864. The standard InChI is InChI=1S/C12H14N2O4/c1-7(2)14-6-8(5-13-14)10(15)11-9(12(16)17)3-4-18-11/h3-7,10,15H,1-2H3,(H,16,17). The lowest BCUT2D eigenvalue weighted by atomic mass is 10.1. The van der Waals surface area contributed by atoms with Gasteiger partial charge in [0.05, 0.1) is 12.5 Å². The highest BCUT2D eigenvalue weighted by Crippen LogP contribution is 2.26. The molecule has 2 aromatic rings. The summed E-state index contributed by atoms with van der Waals surface area (Å²) in [5.74, 6) is -1.11. The molecule has 96 valence electrons. The van der Waals surface area contributed by atoms with Gasteiger partial charge in [-0.15, -0.1) is 0 Å². The second-order valence-corrected chi connectivity index (χ2v) is 4.25. The molecule has 0 aromatic carbocycles. The summed E-state index contributed by atoms with van der Waals surface area (Å²) < 4.78 is 6.73. The van der Waals surface area contributed by atoms with Crippen molar-refractivity contribution in [1.82, 2.24) is 9.78 Å². The molecule has 0 bridgehead atoms. The van der Waals surface area contributed by atoms with Crippen molar-refractivity contribution < 1.29 is 19.4 Å². The van der Waals surface area contributed by atoms with E-state index in [1.54, 1.807) is 10.9 Å². The summed E-state index contributed by atoms with van der Waals surface area (Å²) >= 11 is 0. The minimum Gasteiger partial charge on any atom is -0.478 e. The van der Waals surface area contributed by atoms with Gasteiger partial charge in [0.1, 0.15) is 11.7 Å². The Balaban J connectivity index is 2.32. The van der Waals surface area contributed by atoms with E-state index in [0.29, 0.717) is 5.56 Å². The Bertz CT molecular complexity index is 556. The molecule has 2 N–H and O–H groups in total. The maximum absolute atomic E-state index is 10.9. The van der Waals surface area contributed by atoms with Crippen LogP contribution in [0.4, 0.5) is 0 Å². The highest BCUT2D eigenvalue weighted by atomic mass is 16.4. The number of aromatic carboxylic acids is 1. The van der Waals surface area contributed by atoms with Gasteiger partial charge in [-0.3, -0.25) is 4.68 Å². The van der Waals surface area contributed by atoms with Crippen LogP contribution in [0.5, 0.6) is 0 Å². The zero-order valence-electron chi connectivity index (χ0n) is 10.1. The molecule has 0 aliphatic heterocycles. The lowest BCUT2D eigenvalue weighted by molar-refractivity contribution is 0.0687. The summed E-state index contributed by atoms with van der Waals surface area (Å²) in [4.78, 5) is 10.9. The van der Waals surface area contributed by atoms with Gasteiger partial charge in [-0.1, -0.05) is 0 Å². The smallest absolute Gasteiger partial charge is 0.339 e. The zero-order chi connectivity index (χ0) is 13.3. The molecular weight excluding hydrogens is 236 g/mol. The minimum atomic E-state index is -1.13. The van der Waals surface area contributed by atoms with Crippen molar-refractivity contribution in [3.8, 4) is 0 Å². The fourth-order valence-electron chi connectivity index (χ4n) is 1.64. The summed E-state index contributed by atoms with van der Waals surface area (Å²) in [6.07, 6.45) is 3.29. The molecule has 0 spiro atoms. The summed E-state index contributed by atoms with van der Waals surface area (Å²) in [5, 5.41) is 23.1. The topological polar surface area (TPSA) is 88.5 Å². The first-order chi connectivity index (χ1) is 8.50. The first kappa shape index (κ1) is 12.4. The first-order valence-corrected chi connectivity index (χ1v) is 5.53. The van der Waals surface area contributed by atoms with Crippen molar-refractivity contribution in [2.24, 2.45) is 0 Å². The van der Waals surface area contributed by atoms with E-state index >= 15 is 0 Å². The lowest BCUT2D eigenvalue weighted by Crippen LogP contribution is -2.05. The van der Waals surface area contributed by atoms with Crippen LogP contribution in [0, 0.1) is 0 Å². The van der Waals surface area contributed by atoms with E-state index in [0.717, 1.165) is 0 Å². The predicted octanol–water partition coefficient (Wildman–Crippen LogP) is 1.84. The van der Waals surface area contributed by atoms with Gasteiger partial charge in [-0.25, -0.2) is 4.79 Å². The van der Waals surface area contributed by atoms with E-state index < -0.39 is 12.1 Å². The first-order valence-electron chi connectivity index (χ1n) is 5.53. The molecule has 0 aliphatic rings. The van der Waals surface area contributed by atoms with E-state index in [-0.39, 0.29) is 17.4 Å². The van der Waals surface area contributed by atoms with Crippen molar-refractivity contribution in [2.45, 2.75) is 26.0 Å². The number of carboxylic acids is 1. The van der Waals surface area contributed by atoms with Gasteiger partial charge in [0, 0.05) is 17.8 Å². The average Bonchev–Trinajstić information content (AvgIpc) is 2.97. The van der Waals surface area contributed by atoms with Crippen LogP contribution < -0.4 is 0 Å². The van der Waals surface area contributed by atoms with Crippen LogP contribution in [0.15, 0.2) is 29.1 Å². The van der Waals surface area contributed by atoms with Crippen molar-refractivity contribution in [1.29, 1.82) is 0 Å². The third-order valence-corrected chi connectivity index (χ3v) is 2.64. The van der Waals surface area contributed by atoms with Crippen molar-refractivity contribution >= 4 is 5.97 Å². The Morgan fingerprint density at radius 1 is 1.50 bits per heavy atom. The van der Waals surface area contributed by atoms with Crippen molar-refractivity contribution in [3.63, 3.8) is 0 Å². The Kier molecular flexibility index (Phi) is 3.20. The molecule has 18 heavy (non-hydrogen) atoms. The zero-order valence-corrected chi connectivity index (χ0v) is 10.1. The van der Waals surface area contributed by atoms with Gasteiger partial charge >= 0.3 is 5.97 Å². The molecule has 0 radical (unpaired) electrons. The molecule has 1 atom stereocenters. The predicted molar refractivity (Wildman–Crippen MR) is 62.3 cm³/mol. The largest absolute Gasteiger partial charge is 0.478 e. The molecule has 0 aliphatic carbocycles. The molecule has 0 saturated heterocycles. The monoisotopic (exact) mass is 250 g/mol. The van der Waals surface area contributed by atoms with E-state index in [1.165, 1.54) is 18.5 Å². The van der Waals surface area contributed by atoms with Crippen LogP contribution >= 0.6 is 0 Å². The number of furan rings is 1. The Morgan fingerprint density at radius 3 is 2.78 bits per heavy atom. The van der Waals surface area contributed by atoms with Gasteiger partial charge in [-0.2, -0.15) is 5.10 Å². The highest BCUT2D eigenvalue weighted by molar-refractivity contribution is 5.88. The van der Waals surface area contributed by atoms with Crippen LogP contribution in [-0.2, 0) is 0 Å². The van der Waals surface area contributed by atoms with Gasteiger partial charge in [0.2, 0.25) is 0 Å². The Labute approximate surface area is 103 Å². The second-order valence-electron chi connectivity index (χ2n) is 4.25. The summed E-state index contributed by atoms with van der Waals surface area (Å²) in [6, 6.07) is 1.48. The van der Waals surface area contributed by atoms with Crippen LogP contribution in [-0.4, -0.2) is 26.0 Å². The normalized spacial score (nSPS) is 12.9. The van der Waals surface area contributed by atoms with Gasteiger partial charge in [0.25, 0.3) is 0 Å². The van der Waals surface area contributed by atoms with E-state index in [9.17, 15) is 9.90 Å². The number of hydrogen-bond donors (Lipinski definition) is 2. The fourth-order valence-corrected chi connectivity index (χ4v) is 1.64. The number of aliphatic hydroxyl groups is 1. The minimum absolute atomic E-state index is 0.0193. The molecule has 2 rings (SSSR count). The van der Waals surface area contributed by atoms with Gasteiger partial charge in [-0.05, 0) is 19.9 Å². The molecule has 0 fully saturated rings. The maximum Gasteiger partial charge on any atom is 0.339 e. The van der Waals surface area contributed by atoms with Gasteiger partial charge in [0.15, 0.2) is 5.76 Å².